The molecule has 3 rings (SSSR count). The van der Waals surface area contributed by atoms with Crippen molar-refractivity contribution in [1.82, 2.24) is 10.5 Å². The van der Waals surface area contributed by atoms with E-state index in [2.05, 4.69) is 16.5 Å². The molecule has 1 N–H and O–H groups in total. The highest BCUT2D eigenvalue weighted by Crippen LogP contribution is 2.18. The van der Waals surface area contributed by atoms with Crippen LogP contribution in [0, 0.1) is 13.8 Å². The van der Waals surface area contributed by atoms with Gasteiger partial charge in [0.05, 0.1) is 6.54 Å². The van der Waals surface area contributed by atoms with Crippen LogP contribution in [0.15, 0.2) is 59.1 Å². The van der Waals surface area contributed by atoms with E-state index in [4.69, 9.17) is 9.26 Å². The summed E-state index contributed by atoms with van der Waals surface area (Å²) in [7, 11) is 0. The van der Waals surface area contributed by atoms with Crippen LogP contribution < -0.4 is 10.1 Å². The topological polar surface area (TPSA) is 64.4 Å². The summed E-state index contributed by atoms with van der Waals surface area (Å²) in [6.07, 6.45) is 0. The van der Waals surface area contributed by atoms with Crippen molar-refractivity contribution in [3.8, 4) is 17.0 Å². The zero-order valence-electron chi connectivity index (χ0n) is 14.3. The van der Waals surface area contributed by atoms with Crippen molar-refractivity contribution in [2.24, 2.45) is 0 Å². The van der Waals surface area contributed by atoms with Gasteiger partial charge in [0.15, 0.2) is 12.4 Å². The number of aryl methyl sites for hydroxylation is 2. The third-order valence-electron chi connectivity index (χ3n) is 3.65. The maximum Gasteiger partial charge on any atom is 0.258 e. The predicted molar refractivity (Wildman–Crippen MR) is 95.2 cm³/mol. The van der Waals surface area contributed by atoms with Crippen molar-refractivity contribution in [3.05, 3.63) is 71.5 Å². The van der Waals surface area contributed by atoms with Crippen molar-refractivity contribution < 1.29 is 14.1 Å². The maximum absolute atomic E-state index is 11.9. The molecule has 0 aliphatic rings. The number of ether oxygens (including phenoxy) is 1. The number of rotatable bonds is 6. The van der Waals surface area contributed by atoms with Gasteiger partial charge in [0.25, 0.3) is 5.91 Å². The Bertz CT molecular complexity index is 836. The molecule has 0 fully saturated rings. The van der Waals surface area contributed by atoms with E-state index in [1.807, 2.05) is 62.4 Å². The quantitative estimate of drug-likeness (QED) is 0.746. The molecule has 1 amide bonds. The summed E-state index contributed by atoms with van der Waals surface area (Å²) >= 11 is 0. The fourth-order valence-corrected chi connectivity index (χ4v) is 2.54. The Hall–Kier alpha value is -3.08. The number of carbonyl (C=O) groups excluding carboxylic acids is 1. The molecule has 5 heteroatoms. The summed E-state index contributed by atoms with van der Waals surface area (Å²) in [5.41, 5.74) is 3.93. The molecule has 0 aliphatic heterocycles. The number of carbonyl (C=O) groups is 1. The Morgan fingerprint density at radius 3 is 2.52 bits per heavy atom. The summed E-state index contributed by atoms with van der Waals surface area (Å²) in [6, 6.07) is 17.4. The van der Waals surface area contributed by atoms with Crippen LogP contribution in [0.4, 0.5) is 0 Å². The largest absolute Gasteiger partial charge is 0.484 e. The molecule has 2 aromatic carbocycles. The molecule has 3 aromatic rings. The first-order valence-corrected chi connectivity index (χ1v) is 8.09. The van der Waals surface area contributed by atoms with Gasteiger partial charge in [-0.2, -0.15) is 0 Å². The lowest BCUT2D eigenvalue weighted by Crippen LogP contribution is -2.28. The molecule has 0 bridgehead atoms. The third kappa shape index (κ3) is 4.70. The Kier molecular flexibility index (Phi) is 5.14. The number of benzene rings is 2. The molecule has 0 saturated heterocycles. The summed E-state index contributed by atoms with van der Waals surface area (Å²) in [6.45, 7) is 4.22. The number of aromatic nitrogens is 1. The van der Waals surface area contributed by atoms with Crippen molar-refractivity contribution >= 4 is 5.91 Å². The van der Waals surface area contributed by atoms with E-state index in [1.165, 1.54) is 0 Å². The molecular weight excluding hydrogens is 316 g/mol. The van der Waals surface area contributed by atoms with E-state index in [9.17, 15) is 4.79 Å². The Balaban J connectivity index is 1.50. The first kappa shape index (κ1) is 16.8. The highest BCUT2D eigenvalue weighted by molar-refractivity contribution is 5.77. The minimum atomic E-state index is -0.211. The molecule has 0 unspecified atom stereocenters. The van der Waals surface area contributed by atoms with Gasteiger partial charge in [-0.1, -0.05) is 41.6 Å². The predicted octanol–water partition coefficient (Wildman–Crippen LogP) is 3.65. The molecule has 128 valence electrons. The number of nitrogens with zero attached hydrogens (tertiary/aromatic N) is 1. The van der Waals surface area contributed by atoms with Crippen LogP contribution in [0.5, 0.6) is 5.75 Å². The summed E-state index contributed by atoms with van der Waals surface area (Å²) in [5, 5.41) is 6.79. The van der Waals surface area contributed by atoms with Gasteiger partial charge < -0.3 is 14.6 Å². The van der Waals surface area contributed by atoms with Gasteiger partial charge in [0.2, 0.25) is 0 Å². The van der Waals surface area contributed by atoms with Gasteiger partial charge >= 0.3 is 0 Å². The minimum Gasteiger partial charge on any atom is -0.484 e. The Labute approximate surface area is 146 Å². The standard InChI is InChI=1S/C20H20N2O3/c1-14-8-15(2)10-17(9-14)24-13-20(23)21-12-18-11-19(22-25-18)16-6-4-3-5-7-16/h3-11H,12-13H2,1-2H3,(H,21,23). The first-order chi connectivity index (χ1) is 12.1. The SMILES string of the molecule is Cc1cc(C)cc(OCC(=O)NCc2cc(-c3ccccc3)no2)c1. The average Bonchev–Trinajstić information content (AvgIpc) is 3.07. The van der Waals surface area contributed by atoms with E-state index in [0.29, 0.717) is 11.5 Å². The van der Waals surface area contributed by atoms with Crippen LogP contribution in [0.3, 0.4) is 0 Å². The zero-order valence-corrected chi connectivity index (χ0v) is 14.3. The lowest BCUT2D eigenvalue weighted by Gasteiger charge is -2.08. The lowest BCUT2D eigenvalue weighted by molar-refractivity contribution is -0.123. The Morgan fingerprint density at radius 2 is 1.80 bits per heavy atom. The molecule has 25 heavy (non-hydrogen) atoms. The molecule has 0 spiro atoms. The van der Waals surface area contributed by atoms with Crippen molar-refractivity contribution in [2.75, 3.05) is 6.61 Å². The van der Waals surface area contributed by atoms with Crippen LogP contribution in [0.1, 0.15) is 16.9 Å². The molecule has 0 saturated carbocycles. The normalized spacial score (nSPS) is 10.5. The molecule has 0 radical (unpaired) electrons. The lowest BCUT2D eigenvalue weighted by atomic mass is 10.1. The van der Waals surface area contributed by atoms with E-state index < -0.39 is 0 Å². The van der Waals surface area contributed by atoms with Crippen molar-refractivity contribution in [1.29, 1.82) is 0 Å². The highest BCUT2D eigenvalue weighted by Gasteiger charge is 2.08. The van der Waals surface area contributed by atoms with Gasteiger partial charge in [0, 0.05) is 11.6 Å². The molecule has 0 atom stereocenters. The Morgan fingerprint density at radius 1 is 1.08 bits per heavy atom. The molecule has 0 aliphatic carbocycles. The van der Waals surface area contributed by atoms with Crippen molar-refractivity contribution in [3.63, 3.8) is 0 Å². The molecule has 1 heterocycles. The second kappa shape index (κ2) is 7.66. The number of hydrogen-bond donors (Lipinski definition) is 1. The third-order valence-corrected chi connectivity index (χ3v) is 3.65. The van der Waals surface area contributed by atoms with Crippen LogP contribution in [0.2, 0.25) is 0 Å². The van der Waals surface area contributed by atoms with E-state index in [1.54, 1.807) is 0 Å². The number of nitrogens with one attached hydrogen (secondary N) is 1. The van der Waals surface area contributed by atoms with Gasteiger partial charge in [-0.3, -0.25) is 4.79 Å². The van der Waals surface area contributed by atoms with Gasteiger partial charge in [-0.15, -0.1) is 0 Å². The van der Waals surface area contributed by atoms with Crippen LogP contribution in [0.25, 0.3) is 11.3 Å². The van der Waals surface area contributed by atoms with Crippen LogP contribution in [-0.2, 0) is 11.3 Å². The van der Waals surface area contributed by atoms with E-state index in [-0.39, 0.29) is 19.1 Å². The first-order valence-electron chi connectivity index (χ1n) is 8.09. The van der Waals surface area contributed by atoms with Gasteiger partial charge in [-0.05, 0) is 37.1 Å². The summed E-state index contributed by atoms with van der Waals surface area (Å²) in [5.74, 6) is 1.08. The van der Waals surface area contributed by atoms with Gasteiger partial charge in [0.1, 0.15) is 11.4 Å². The zero-order chi connectivity index (χ0) is 17.6. The molecule has 1 aromatic heterocycles. The molecular formula is C20H20N2O3. The van der Waals surface area contributed by atoms with Crippen LogP contribution >= 0.6 is 0 Å². The number of amides is 1. The molecule has 5 nitrogen and oxygen atoms in total. The fraction of sp³-hybridized carbons (Fsp3) is 0.200. The summed E-state index contributed by atoms with van der Waals surface area (Å²) < 4.78 is 10.8. The van der Waals surface area contributed by atoms with Crippen molar-refractivity contribution in [2.45, 2.75) is 20.4 Å². The smallest absolute Gasteiger partial charge is 0.258 e. The van der Waals surface area contributed by atoms with E-state index in [0.717, 1.165) is 22.4 Å². The highest BCUT2D eigenvalue weighted by atomic mass is 16.5. The second-order valence-electron chi connectivity index (χ2n) is 5.93. The fourth-order valence-electron chi connectivity index (χ4n) is 2.54. The monoisotopic (exact) mass is 336 g/mol. The van der Waals surface area contributed by atoms with Gasteiger partial charge in [-0.25, -0.2) is 0 Å². The van der Waals surface area contributed by atoms with E-state index >= 15 is 0 Å². The summed E-state index contributed by atoms with van der Waals surface area (Å²) in [4.78, 5) is 11.9. The maximum atomic E-state index is 11.9. The second-order valence-corrected chi connectivity index (χ2v) is 5.93. The van der Waals surface area contributed by atoms with Crippen LogP contribution in [-0.4, -0.2) is 17.7 Å². The number of hydrogen-bond acceptors (Lipinski definition) is 4. The average molecular weight is 336 g/mol. The minimum absolute atomic E-state index is 0.0391.